The van der Waals surface area contributed by atoms with E-state index < -0.39 is 0 Å². The number of rotatable bonds is 10. The van der Waals surface area contributed by atoms with Crippen molar-refractivity contribution < 1.29 is 4.79 Å². The molecule has 0 saturated carbocycles. The third-order valence-corrected chi connectivity index (χ3v) is 7.09. The van der Waals surface area contributed by atoms with Gasteiger partial charge in [0.25, 0.3) is 0 Å². The fourth-order valence-electron chi connectivity index (χ4n) is 3.73. The second kappa shape index (κ2) is 11.0. The molecule has 1 aliphatic rings. The molecule has 0 aliphatic heterocycles. The predicted octanol–water partition coefficient (Wildman–Crippen LogP) is 2.74. The maximum atomic E-state index is 12.8. The van der Waals surface area contributed by atoms with Gasteiger partial charge in [-0.15, -0.1) is 10.2 Å². The zero-order valence-corrected chi connectivity index (χ0v) is 19.6. The van der Waals surface area contributed by atoms with Crippen molar-refractivity contribution >= 4 is 34.1 Å². The van der Waals surface area contributed by atoms with Crippen molar-refractivity contribution in [3.8, 4) is 0 Å². The lowest BCUT2D eigenvalue weighted by Crippen LogP contribution is -2.32. The highest BCUT2D eigenvalue weighted by Crippen LogP contribution is 2.28. The van der Waals surface area contributed by atoms with Gasteiger partial charge in [0.15, 0.2) is 0 Å². The van der Waals surface area contributed by atoms with Crippen LogP contribution in [-0.2, 0) is 24.2 Å². The van der Waals surface area contributed by atoms with Crippen LogP contribution in [0.2, 0.25) is 0 Å². The molecule has 2 aromatic heterocycles. The zero-order valence-electron chi connectivity index (χ0n) is 17.9. The minimum atomic E-state index is -0.196. The molecular weight excluding hydrogens is 420 g/mol. The van der Waals surface area contributed by atoms with Gasteiger partial charge in [0.2, 0.25) is 11.0 Å². The van der Waals surface area contributed by atoms with E-state index >= 15 is 0 Å². The van der Waals surface area contributed by atoms with E-state index in [1.807, 2.05) is 11.5 Å². The molecule has 0 atom stereocenters. The Morgan fingerprint density at radius 3 is 2.70 bits per heavy atom. The van der Waals surface area contributed by atoms with E-state index in [-0.39, 0.29) is 17.3 Å². The second-order valence-corrected chi connectivity index (χ2v) is 9.47. The van der Waals surface area contributed by atoms with Crippen LogP contribution in [0, 0.1) is 6.92 Å². The van der Waals surface area contributed by atoms with Gasteiger partial charge < -0.3 is 4.90 Å². The normalized spacial score (nSPS) is 13.5. The molecule has 0 unspecified atom stereocenters. The molecule has 3 rings (SSSR count). The molecule has 0 saturated heterocycles. The van der Waals surface area contributed by atoms with Gasteiger partial charge in [-0.3, -0.25) is 14.7 Å². The Bertz CT molecular complexity index is 923. The summed E-state index contributed by atoms with van der Waals surface area (Å²) in [6.07, 6.45) is 4.94. The average molecular weight is 451 g/mol. The number of anilines is 1. The van der Waals surface area contributed by atoms with E-state index in [1.54, 1.807) is 0 Å². The summed E-state index contributed by atoms with van der Waals surface area (Å²) in [7, 11) is 0. The van der Waals surface area contributed by atoms with Gasteiger partial charge in [-0.1, -0.05) is 36.9 Å². The topological polar surface area (TPSA) is 93.0 Å². The van der Waals surface area contributed by atoms with Gasteiger partial charge >= 0.3 is 5.69 Å². The lowest BCUT2D eigenvalue weighted by atomic mass is 9.97. The number of hydrogen-bond acceptors (Lipinski definition) is 8. The Kier molecular flexibility index (Phi) is 8.41. The van der Waals surface area contributed by atoms with Crippen molar-refractivity contribution in [1.29, 1.82) is 0 Å². The Balaban J connectivity index is 1.69. The lowest BCUT2D eigenvalue weighted by molar-refractivity contribution is -0.113. The summed E-state index contributed by atoms with van der Waals surface area (Å²) < 4.78 is 1.87. The highest BCUT2D eigenvalue weighted by Gasteiger charge is 2.21. The van der Waals surface area contributed by atoms with E-state index in [4.69, 9.17) is 0 Å². The number of thioether (sulfide) groups is 1. The molecule has 1 amide bonds. The molecule has 1 N–H and O–H groups in total. The third kappa shape index (κ3) is 5.89. The van der Waals surface area contributed by atoms with Gasteiger partial charge in [0, 0.05) is 17.8 Å². The molecular formula is C20H30N6O2S2. The molecule has 0 radical (unpaired) electrons. The van der Waals surface area contributed by atoms with Crippen LogP contribution in [0.25, 0.3) is 0 Å². The summed E-state index contributed by atoms with van der Waals surface area (Å²) in [4.78, 5) is 31.8. The smallest absolute Gasteiger partial charge is 0.304 e. The zero-order chi connectivity index (χ0) is 21.5. The maximum Gasteiger partial charge on any atom is 0.348 e. The van der Waals surface area contributed by atoms with E-state index in [2.05, 4.69) is 39.2 Å². The predicted molar refractivity (Wildman–Crippen MR) is 122 cm³/mol. The van der Waals surface area contributed by atoms with Gasteiger partial charge in [-0.2, -0.15) is 4.98 Å². The first-order chi connectivity index (χ1) is 14.5. The average Bonchev–Trinajstić information content (AvgIpc) is 3.15. The molecule has 1 aliphatic carbocycles. The summed E-state index contributed by atoms with van der Waals surface area (Å²) in [5.74, 6) is 0.0367. The van der Waals surface area contributed by atoms with Gasteiger partial charge in [-0.05, 0) is 58.7 Å². The Labute approximate surface area is 185 Å². The van der Waals surface area contributed by atoms with E-state index in [9.17, 15) is 9.59 Å². The first kappa shape index (κ1) is 22.9. The monoisotopic (exact) mass is 450 g/mol. The number of fused-ring (bicyclic) bond motifs is 1. The van der Waals surface area contributed by atoms with Gasteiger partial charge in [0.1, 0.15) is 10.0 Å². The van der Waals surface area contributed by atoms with E-state index in [0.717, 1.165) is 68.0 Å². The fourth-order valence-corrected chi connectivity index (χ4v) is 5.21. The van der Waals surface area contributed by atoms with Gasteiger partial charge in [-0.25, -0.2) is 4.79 Å². The molecule has 2 heterocycles. The number of carbonyl (C=O) groups excluding carboxylic acids is 1. The minimum absolute atomic E-state index is 0.161. The summed E-state index contributed by atoms with van der Waals surface area (Å²) in [5, 5.41) is 12.6. The van der Waals surface area contributed by atoms with Crippen molar-refractivity contribution in [2.24, 2.45) is 0 Å². The molecule has 2 aromatic rings. The number of aryl methyl sites for hydroxylation is 1. The SMILES string of the molecule is CCN(CC)CCCn1c2c(c(SCC(=O)Nc3nnc(C)s3)nc1=O)CCCC2. The van der Waals surface area contributed by atoms with E-state index in [0.29, 0.717) is 16.7 Å². The van der Waals surface area contributed by atoms with Crippen LogP contribution in [0.5, 0.6) is 0 Å². The van der Waals surface area contributed by atoms with E-state index in [1.165, 1.54) is 23.1 Å². The molecule has 0 fully saturated rings. The number of aromatic nitrogens is 4. The summed E-state index contributed by atoms with van der Waals surface area (Å²) in [6, 6.07) is 0. The molecule has 10 heteroatoms. The summed E-state index contributed by atoms with van der Waals surface area (Å²) >= 11 is 2.68. The van der Waals surface area contributed by atoms with Crippen LogP contribution in [0.4, 0.5) is 5.13 Å². The summed E-state index contributed by atoms with van der Waals surface area (Å²) in [6.45, 7) is 9.89. The first-order valence-electron chi connectivity index (χ1n) is 10.6. The quantitative estimate of drug-likeness (QED) is 0.439. The lowest BCUT2D eigenvalue weighted by Gasteiger charge is -2.23. The molecule has 0 bridgehead atoms. The van der Waals surface area contributed by atoms with Gasteiger partial charge in [0.05, 0.1) is 5.75 Å². The number of amides is 1. The molecule has 30 heavy (non-hydrogen) atoms. The van der Waals surface area contributed by atoms with Crippen LogP contribution >= 0.6 is 23.1 Å². The third-order valence-electron chi connectivity index (χ3n) is 5.31. The molecule has 164 valence electrons. The largest absolute Gasteiger partial charge is 0.348 e. The highest BCUT2D eigenvalue weighted by molar-refractivity contribution is 8.00. The van der Waals surface area contributed by atoms with Crippen molar-refractivity contribution in [3.05, 3.63) is 26.7 Å². The first-order valence-corrected chi connectivity index (χ1v) is 12.4. The Hall–Kier alpha value is -1.78. The fraction of sp³-hybridized carbons (Fsp3) is 0.650. The summed E-state index contributed by atoms with van der Waals surface area (Å²) in [5.41, 5.74) is 2.06. The van der Waals surface area contributed by atoms with Crippen molar-refractivity contribution in [2.45, 2.75) is 64.4 Å². The number of nitrogens with one attached hydrogen (secondary N) is 1. The van der Waals surface area contributed by atoms with Crippen LogP contribution in [0.1, 0.15) is 49.4 Å². The molecule has 8 nitrogen and oxygen atoms in total. The highest BCUT2D eigenvalue weighted by atomic mass is 32.2. The number of hydrogen-bond donors (Lipinski definition) is 1. The second-order valence-electron chi connectivity index (χ2n) is 7.33. The van der Waals surface area contributed by atoms with Crippen molar-refractivity contribution in [3.63, 3.8) is 0 Å². The number of nitrogens with zero attached hydrogens (tertiary/aromatic N) is 5. The Morgan fingerprint density at radius 2 is 2.00 bits per heavy atom. The minimum Gasteiger partial charge on any atom is -0.304 e. The number of carbonyl (C=O) groups is 1. The van der Waals surface area contributed by atoms with Crippen LogP contribution in [0.3, 0.4) is 0 Å². The van der Waals surface area contributed by atoms with Crippen molar-refractivity contribution in [2.75, 3.05) is 30.7 Å². The Morgan fingerprint density at radius 1 is 1.23 bits per heavy atom. The van der Waals surface area contributed by atoms with Crippen molar-refractivity contribution in [1.82, 2.24) is 24.6 Å². The standard InChI is InChI=1S/C20H30N6O2S2/c1-4-25(5-2)11-8-12-26-16-10-7-6-9-15(16)18(22-20(26)28)29-13-17(27)21-19-24-23-14(3)30-19/h4-13H2,1-3H3,(H,21,24,27). The van der Waals surface area contributed by atoms with Crippen LogP contribution in [0.15, 0.2) is 9.82 Å². The van der Waals surface area contributed by atoms with Crippen LogP contribution < -0.4 is 11.0 Å². The molecule has 0 spiro atoms. The van der Waals surface area contributed by atoms with Crippen LogP contribution in [-0.4, -0.2) is 55.9 Å². The maximum absolute atomic E-state index is 12.8. The molecule has 0 aromatic carbocycles.